The number of hydrogen-bond donors (Lipinski definition) is 0. The fraction of sp³-hybridized carbons (Fsp3) is 0.250. The van der Waals surface area contributed by atoms with Crippen molar-refractivity contribution in [1.29, 1.82) is 0 Å². The van der Waals surface area contributed by atoms with Crippen LogP contribution in [0.15, 0.2) is 53.9 Å². The van der Waals surface area contributed by atoms with Gasteiger partial charge in [0.15, 0.2) is 0 Å². The third-order valence-corrected chi connectivity index (χ3v) is 5.53. The van der Waals surface area contributed by atoms with Gasteiger partial charge in [-0.15, -0.1) is 11.8 Å². The number of benzene rings is 2. The van der Waals surface area contributed by atoms with Gasteiger partial charge in [0.2, 0.25) is 5.91 Å². The first-order valence-electron chi connectivity index (χ1n) is 8.08. The molecule has 3 rings (SSSR count). The highest BCUT2D eigenvalue weighted by Crippen LogP contribution is 2.37. The van der Waals surface area contributed by atoms with E-state index in [1.54, 1.807) is 11.8 Å². The Morgan fingerprint density at radius 3 is 2.71 bits per heavy atom. The zero-order chi connectivity index (χ0) is 17.1. The van der Waals surface area contributed by atoms with E-state index in [1.165, 1.54) is 0 Å². The Kier molecular flexibility index (Phi) is 5.32. The van der Waals surface area contributed by atoms with Crippen LogP contribution in [-0.4, -0.2) is 11.7 Å². The molecule has 0 atom stereocenters. The number of allylic oxidation sites excluding steroid dienone is 1. The summed E-state index contributed by atoms with van der Waals surface area (Å²) in [5.74, 6) is 0.979. The van der Waals surface area contributed by atoms with Gasteiger partial charge in [-0.25, -0.2) is 0 Å². The standard InChI is InChI=1S/C20H20ClNOS/c1-3-14(2)16-6-9-19-18(12-16)22(20(23)10-11-24-19)13-15-4-7-17(21)8-5-15/h4-9,12H,2-3,10-11,13H2,1H3. The number of halogens is 1. The molecular weight excluding hydrogens is 338 g/mol. The Balaban J connectivity index is 1.99. The number of carbonyl (C=O) groups excluding carboxylic acids is 1. The lowest BCUT2D eigenvalue weighted by atomic mass is 10.0. The van der Waals surface area contributed by atoms with Gasteiger partial charge in [-0.1, -0.05) is 43.3 Å². The lowest BCUT2D eigenvalue weighted by Crippen LogP contribution is -2.30. The molecule has 0 saturated heterocycles. The molecule has 124 valence electrons. The molecule has 4 heteroatoms. The minimum Gasteiger partial charge on any atom is -0.307 e. The van der Waals surface area contributed by atoms with E-state index in [4.69, 9.17) is 11.6 Å². The van der Waals surface area contributed by atoms with E-state index >= 15 is 0 Å². The van der Waals surface area contributed by atoms with Crippen molar-refractivity contribution >= 4 is 40.5 Å². The fourth-order valence-electron chi connectivity index (χ4n) is 2.74. The Labute approximate surface area is 152 Å². The van der Waals surface area contributed by atoms with E-state index in [-0.39, 0.29) is 5.91 Å². The highest BCUT2D eigenvalue weighted by molar-refractivity contribution is 7.99. The number of carbonyl (C=O) groups is 1. The molecule has 24 heavy (non-hydrogen) atoms. The molecule has 1 heterocycles. The first-order valence-corrected chi connectivity index (χ1v) is 9.44. The number of anilines is 1. The number of amides is 1. The van der Waals surface area contributed by atoms with Gasteiger partial charge in [-0.3, -0.25) is 4.79 Å². The molecule has 0 unspecified atom stereocenters. The molecule has 2 aromatic rings. The largest absolute Gasteiger partial charge is 0.307 e. The van der Waals surface area contributed by atoms with Crippen LogP contribution in [0.4, 0.5) is 5.69 Å². The van der Waals surface area contributed by atoms with Crippen LogP contribution in [0.1, 0.15) is 30.9 Å². The van der Waals surface area contributed by atoms with Crippen LogP contribution in [0.25, 0.3) is 5.57 Å². The third kappa shape index (κ3) is 3.68. The fourth-order valence-corrected chi connectivity index (χ4v) is 3.84. The summed E-state index contributed by atoms with van der Waals surface area (Å²) in [7, 11) is 0. The SMILES string of the molecule is C=C(CC)c1ccc2c(c1)N(Cc1ccc(Cl)cc1)C(=O)CCS2. The number of fused-ring (bicyclic) bond motifs is 1. The topological polar surface area (TPSA) is 20.3 Å². The smallest absolute Gasteiger partial charge is 0.228 e. The van der Waals surface area contributed by atoms with Crippen LogP contribution in [0.5, 0.6) is 0 Å². The van der Waals surface area contributed by atoms with Crippen LogP contribution in [0.3, 0.4) is 0 Å². The van der Waals surface area contributed by atoms with E-state index < -0.39 is 0 Å². The summed E-state index contributed by atoms with van der Waals surface area (Å²) in [6, 6.07) is 14.0. The summed E-state index contributed by atoms with van der Waals surface area (Å²) >= 11 is 7.71. The van der Waals surface area contributed by atoms with Crippen molar-refractivity contribution in [3.8, 4) is 0 Å². The summed E-state index contributed by atoms with van der Waals surface area (Å²) in [4.78, 5) is 15.7. The molecule has 0 spiro atoms. The van der Waals surface area contributed by atoms with Crippen molar-refractivity contribution < 1.29 is 4.79 Å². The molecule has 0 aromatic heterocycles. The summed E-state index contributed by atoms with van der Waals surface area (Å²) in [6.07, 6.45) is 1.45. The van der Waals surface area contributed by atoms with Gasteiger partial charge in [0.25, 0.3) is 0 Å². The van der Waals surface area contributed by atoms with Gasteiger partial charge in [0, 0.05) is 22.1 Å². The molecule has 0 saturated carbocycles. The van der Waals surface area contributed by atoms with Gasteiger partial charge >= 0.3 is 0 Å². The summed E-state index contributed by atoms with van der Waals surface area (Å²) < 4.78 is 0. The van der Waals surface area contributed by atoms with Gasteiger partial charge in [0.1, 0.15) is 0 Å². The van der Waals surface area contributed by atoms with Crippen molar-refractivity contribution in [1.82, 2.24) is 0 Å². The predicted octanol–water partition coefficient (Wildman–Crippen LogP) is 5.79. The van der Waals surface area contributed by atoms with Crippen LogP contribution in [0, 0.1) is 0 Å². The lowest BCUT2D eigenvalue weighted by Gasteiger charge is -2.24. The first kappa shape index (κ1) is 17.1. The first-order chi connectivity index (χ1) is 11.6. The second kappa shape index (κ2) is 7.45. The van der Waals surface area contributed by atoms with Crippen molar-refractivity contribution in [3.63, 3.8) is 0 Å². The van der Waals surface area contributed by atoms with Crippen molar-refractivity contribution in [3.05, 3.63) is 65.2 Å². The third-order valence-electron chi connectivity index (χ3n) is 4.21. The molecule has 1 aliphatic heterocycles. The highest BCUT2D eigenvalue weighted by atomic mass is 35.5. The van der Waals surface area contributed by atoms with Crippen LogP contribution < -0.4 is 4.90 Å². The minimum absolute atomic E-state index is 0.162. The van der Waals surface area contributed by atoms with Gasteiger partial charge < -0.3 is 4.90 Å². The summed E-state index contributed by atoms with van der Waals surface area (Å²) in [5.41, 5.74) is 4.26. The maximum absolute atomic E-state index is 12.7. The second-order valence-electron chi connectivity index (χ2n) is 5.84. The van der Waals surface area contributed by atoms with E-state index in [0.717, 1.165) is 39.5 Å². The maximum atomic E-state index is 12.7. The molecule has 0 N–H and O–H groups in total. The van der Waals surface area contributed by atoms with Crippen molar-refractivity contribution in [2.24, 2.45) is 0 Å². The molecule has 1 aliphatic rings. The molecule has 2 aromatic carbocycles. The Bertz CT molecular complexity index is 770. The van der Waals surface area contributed by atoms with E-state index in [1.807, 2.05) is 29.2 Å². The normalized spacial score (nSPS) is 14.2. The molecular formula is C20H20ClNOS. The molecule has 2 nitrogen and oxygen atoms in total. The number of hydrogen-bond acceptors (Lipinski definition) is 2. The highest BCUT2D eigenvalue weighted by Gasteiger charge is 2.23. The van der Waals surface area contributed by atoms with Crippen LogP contribution in [0.2, 0.25) is 5.02 Å². The van der Waals surface area contributed by atoms with E-state index in [9.17, 15) is 4.79 Å². The molecule has 0 bridgehead atoms. The monoisotopic (exact) mass is 357 g/mol. The molecule has 0 radical (unpaired) electrons. The maximum Gasteiger partial charge on any atom is 0.228 e. The van der Waals surface area contributed by atoms with Gasteiger partial charge in [0.05, 0.1) is 12.2 Å². The zero-order valence-electron chi connectivity index (χ0n) is 13.7. The molecule has 1 amide bonds. The van der Waals surface area contributed by atoms with E-state index in [0.29, 0.717) is 18.0 Å². The average Bonchev–Trinajstić information content (AvgIpc) is 2.75. The molecule has 0 aliphatic carbocycles. The lowest BCUT2D eigenvalue weighted by molar-refractivity contribution is -0.118. The summed E-state index contributed by atoms with van der Waals surface area (Å²) in [5, 5.41) is 0.707. The second-order valence-corrected chi connectivity index (χ2v) is 7.42. The Morgan fingerprint density at radius 2 is 2.00 bits per heavy atom. The number of thioether (sulfide) groups is 1. The van der Waals surface area contributed by atoms with E-state index in [2.05, 4.69) is 31.7 Å². The Morgan fingerprint density at radius 1 is 1.25 bits per heavy atom. The number of nitrogens with zero attached hydrogens (tertiary/aromatic N) is 1. The average molecular weight is 358 g/mol. The van der Waals surface area contributed by atoms with Gasteiger partial charge in [-0.05, 0) is 47.4 Å². The number of rotatable bonds is 4. The minimum atomic E-state index is 0.162. The van der Waals surface area contributed by atoms with Crippen LogP contribution >= 0.6 is 23.4 Å². The predicted molar refractivity (Wildman–Crippen MR) is 104 cm³/mol. The zero-order valence-corrected chi connectivity index (χ0v) is 15.3. The quantitative estimate of drug-likeness (QED) is 0.690. The van der Waals surface area contributed by atoms with Crippen molar-refractivity contribution in [2.75, 3.05) is 10.7 Å². The summed E-state index contributed by atoms with van der Waals surface area (Å²) in [6.45, 7) is 6.79. The van der Waals surface area contributed by atoms with Crippen molar-refractivity contribution in [2.45, 2.75) is 31.2 Å². The Hall–Kier alpha value is -1.71. The van der Waals surface area contributed by atoms with Crippen LogP contribution in [-0.2, 0) is 11.3 Å². The molecule has 0 fully saturated rings. The van der Waals surface area contributed by atoms with Gasteiger partial charge in [-0.2, -0.15) is 0 Å².